The first-order valence-electron chi connectivity index (χ1n) is 6.99. The zero-order valence-corrected chi connectivity index (χ0v) is 12.1. The van der Waals surface area contributed by atoms with Gasteiger partial charge in [0.05, 0.1) is 6.10 Å². The molecule has 18 heavy (non-hydrogen) atoms. The molecule has 0 aromatic heterocycles. The van der Waals surface area contributed by atoms with Crippen molar-refractivity contribution in [2.45, 2.75) is 65.1 Å². The number of carbonyl (C=O) groups is 1. The van der Waals surface area contributed by atoms with Crippen molar-refractivity contribution in [3.05, 3.63) is 0 Å². The highest BCUT2D eigenvalue weighted by molar-refractivity contribution is 5.68. The summed E-state index contributed by atoms with van der Waals surface area (Å²) in [5.41, 5.74) is -0.448. The van der Waals surface area contributed by atoms with Crippen LogP contribution in [0.5, 0.6) is 0 Å². The largest absolute Gasteiger partial charge is 0.444 e. The van der Waals surface area contributed by atoms with Crippen molar-refractivity contribution in [2.75, 3.05) is 13.1 Å². The molecule has 0 saturated carbocycles. The van der Waals surface area contributed by atoms with E-state index in [1.54, 1.807) is 4.90 Å². The lowest BCUT2D eigenvalue weighted by Crippen LogP contribution is -2.36. The summed E-state index contributed by atoms with van der Waals surface area (Å²) in [6.45, 7) is 9.05. The molecule has 1 saturated heterocycles. The number of hydrogen-bond donors (Lipinski definition) is 1. The minimum Gasteiger partial charge on any atom is -0.444 e. The number of amides is 1. The number of nitrogens with zero attached hydrogens (tertiary/aromatic N) is 1. The summed E-state index contributed by atoms with van der Waals surface area (Å²) in [6, 6.07) is 0. The van der Waals surface area contributed by atoms with E-state index in [-0.39, 0.29) is 18.1 Å². The fraction of sp³-hybridized carbons (Fsp3) is 0.929. The minimum absolute atomic E-state index is 0.212. The topological polar surface area (TPSA) is 49.8 Å². The summed E-state index contributed by atoms with van der Waals surface area (Å²) in [5, 5.41) is 10.0. The number of aliphatic hydroxyl groups is 1. The second-order valence-electron chi connectivity index (χ2n) is 6.18. The molecule has 0 aromatic rings. The van der Waals surface area contributed by atoms with Crippen molar-refractivity contribution < 1.29 is 14.6 Å². The van der Waals surface area contributed by atoms with Crippen LogP contribution >= 0.6 is 0 Å². The third-order valence-electron chi connectivity index (χ3n) is 3.27. The Balaban J connectivity index is 2.38. The molecule has 1 N–H and O–H groups in total. The van der Waals surface area contributed by atoms with E-state index < -0.39 is 5.60 Å². The maximum atomic E-state index is 11.9. The molecule has 106 valence electrons. The van der Waals surface area contributed by atoms with E-state index in [4.69, 9.17) is 4.74 Å². The molecule has 1 aliphatic rings. The third kappa shape index (κ3) is 4.84. The zero-order chi connectivity index (χ0) is 13.8. The number of hydrogen-bond acceptors (Lipinski definition) is 3. The van der Waals surface area contributed by atoms with Gasteiger partial charge in [0, 0.05) is 19.0 Å². The van der Waals surface area contributed by atoms with Crippen molar-refractivity contribution in [3.63, 3.8) is 0 Å². The Bertz CT molecular complexity index is 273. The van der Waals surface area contributed by atoms with E-state index in [1.807, 2.05) is 20.8 Å². The second kappa shape index (κ2) is 6.41. The number of ether oxygens (including phenoxy) is 1. The van der Waals surface area contributed by atoms with Gasteiger partial charge in [0.15, 0.2) is 0 Å². The number of rotatable bonds is 4. The Hall–Kier alpha value is -0.770. The van der Waals surface area contributed by atoms with Crippen LogP contribution in [-0.2, 0) is 4.74 Å². The van der Waals surface area contributed by atoms with Crippen molar-refractivity contribution in [2.24, 2.45) is 5.92 Å². The number of unbranched alkanes of at least 4 members (excludes halogenated alkanes) is 1. The molecule has 2 atom stereocenters. The van der Waals surface area contributed by atoms with Gasteiger partial charge in [0.25, 0.3) is 0 Å². The maximum absolute atomic E-state index is 11.9. The highest BCUT2D eigenvalue weighted by Crippen LogP contribution is 2.24. The van der Waals surface area contributed by atoms with E-state index in [0.29, 0.717) is 13.1 Å². The Kier molecular flexibility index (Phi) is 5.45. The summed E-state index contributed by atoms with van der Waals surface area (Å²) in [4.78, 5) is 13.6. The molecule has 4 heteroatoms. The van der Waals surface area contributed by atoms with Gasteiger partial charge in [-0.05, 0) is 33.6 Å². The average Bonchev–Trinajstić information content (AvgIpc) is 2.72. The third-order valence-corrected chi connectivity index (χ3v) is 3.27. The molecular weight excluding hydrogens is 230 g/mol. The molecule has 0 bridgehead atoms. The Morgan fingerprint density at radius 2 is 2.17 bits per heavy atom. The van der Waals surface area contributed by atoms with Crippen LogP contribution in [0.3, 0.4) is 0 Å². The van der Waals surface area contributed by atoms with Gasteiger partial charge in [-0.2, -0.15) is 0 Å². The molecule has 1 rings (SSSR count). The second-order valence-corrected chi connectivity index (χ2v) is 6.18. The molecule has 0 radical (unpaired) electrons. The van der Waals surface area contributed by atoms with E-state index in [9.17, 15) is 9.90 Å². The van der Waals surface area contributed by atoms with E-state index in [2.05, 4.69) is 6.92 Å². The molecule has 4 nitrogen and oxygen atoms in total. The van der Waals surface area contributed by atoms with Crippen LogP contribution in [0.15, 0.2) is 0 Å². The number of likely N-dealkylation sites (tertiary alicyclic amines) is 1. The predicted molar refractivity (Wildman–Crippen MR) is 71.4 cm³/mol. The molecule has 0 aromatic carbocycles. The summed E-state index contributed by atoms with van der Waals surface area (Å²) < 4.78 is 5.34. The lowest BCUT2D eigenvalue weighted by molar-refractivity contribution is 0.0266. The van der Waals surface area contributed by atoms with Crippen molar-refractivity contribution >= 4 is 6.09 Å². The monoisotopic (exact) mass is 257 g/mol. The standard InChI is InChI=1S/C14H27NO3/c1-5-6-7-12(16)11-8-9-15(10-11)13(17)18-14(2,3)4/h11-12,16H,5-10H2,1-4H3/t11-,12+/m0/s1. The van der Waals surface area contributed by atoms with E-state index in [1.165, 1.54) is 0 Å². The van der Waals surface area contributed by atoms with Crippen LogP contribution in [0.4, 0.5) is 4.79 Å². The lowest BCUT2D eigenvalue weighted by atomic mass is 9.97. The molecule has 1 amide bonds. The molecule has 1 heterocycles. The first kappa shape index (κ1) is 15.3. The van der Waals surface area contributed by atoms with Gasteiger partial charge in [-0.15, -0.1) is 0 Å². The Morgan fingerprint density at radius 3 is 2.72 bits per heavy atom. The molecule has 0 spiro atoms. The van der Waals surface area contributed by atoms with Gasteiger partial charge in [-0.3, -0.25) is 0 Å². The normalized spacial score (nSPS) is 22.1. The fourth-order valence-electron chi connectivity index (χ4n) is 2.24. The SMILES string of the molecule is CCCC[C@@H](O)[C@H]1CCN(C(=O)OC(C)(C)C)C1. The highest BCUT2D eigenvalue weighted by Gasteiger charge is 2.32. The smallest absolute Gasteiger partial charge is 0.410 e. The number of aliphatic hydroxyl groups excluding tert-OH is 1. The average molecular weight is 257 g/mol. The van der Waals surface area contributed by atoms with Crippen LogP contribution in [0.25, 0.3) is 0 Å². The lowest BCUT2D eigenvalue weighted by Gasteiger charge is -2.25. The highest BCUT2D eigenvalue weighted by atomic mass is 16.6. The Labute approximate surface area is 110 Å². The van der Waals surface area contributed by atoms with Gasteiger partial charge < -0.3 is 14.7 Å². The first-order valence-corrected chi connectivity index (χ1v) is 6.99. The quantitative estimate of drug-likeness (QED) is 0.842. The molecule has 0 unspecified atom stereocenters. The maximum Gasteiger partial charge on any atom is 0.410 e. The predicted octanol–water partition coefficient (Wildman–Crippen LogP) is 2.79. The van der Waals surface area contributed by atoms with Crippen LogP contribution in [0.2, 0.25) is 0 Å². The molecular formula is C14H27NO3. The van der Waals surface area contributed by atoms with Gasteiger partial charge in [-0.25, -0.2) is 4.79 Å². The van der Waals surface area contributed by atoms with Gasteiger partial charge in [-0.1, -0.05) is 19.8 Å². The fourth-order valence-corrected chi connectivity index (χ4v) is 2.24. The summed E-state index contributed by atoms with van der Waals surface area (Å²) in [7, 11) is 0. The Morgan fingerprint density at radius 1 is 1.50 bits per heavy atom. The molecule has 1 fully saturated rings. The summed E-state index contributed by atoms with van der Waals surface area (Å²) in [5.74, 6) is 0.212. The van der Waals surface area contributed by atoms with Crippen LogP contribution in [-0.4, -0.2) is 40.9 Å². The van der Waals surface area contributed by atoms with Gasteiger partial charge >= 0.3 is 6.09 Å². The van der Waals surface area contributed by atoms with Crippen molar-refractivity contribution in [1.29, 1.82) is 0 Å². The van der Waals surface area contributed by atoms with Crippen LogP contribution in [0.1, 0.15) is 53.4 Å². The summed E-state index contributed by atoms with van der Waals surface area (Å²) in [6.07, 6.45) is 3.32. The molecule has 1 aliphatic heterocycles. The minimum atomic E-state index is -0.448. The van der Waals surface area contributed by atoms with Crippen LogP contribution in [0, 0.1) is 5.92 Å². The van der Waals surface area contributed by atoms with Crippen molar-refractivity contribution in [1.82, 2.24) is 4.90 Å². The zero-order valence-electron chi connectivity index (χ0n) is 12.1. The van der Waals surface area contributed by atoms with E-state index in [0.717, 1.165) is 25.7 Å². The number of carbonyl (C=O) groups excluding carboxylic acids is 1. The summed E-state index contributed by atoms with van der Waals surface area (Å²) >= 11 is 0. The van der Waals surface area contributed by atoms with Gasteiger partial charge in [0.2, 0.25) is 0 Å². The van der Waals surface area contributed by atoms with E-state index >= 15 is 0 Å². The molecule has 0 aliphatic carbocycles. The van der Waals surface area contributed by atoms with Crippen molar-refractivity contribution in [3.8, 4) is 0 Å². The van der Waals surface area contributed by atoms with Gasteiger partial charge in [0.1, 0.15) is 5.60 Å². The van der Waals surface area contributed by atoms with Crippen LogP contribution < -0.4 is 0 Å². The first-order chi connectivity index (χ1) is 8.33.